The van der Waals surface area contributed by atoms with Gasteiger partial charge >= 0.3 is 6.03 Å². The van der Waals surface area contributed by atoms with Crippen molar-refractivity contribution in [2.45, 2.75) is 6.42 Å². The highest BCUT2D eigenvalue weighted by molar-refractivity contribution is 7.23. The lowest BCUT2D eigenvalue weighted by Crippen LogP contribution is -2.45. The predicted octanol–water partition coefficient (Wildman–Crippen LogP) is 4.81. The number of anilines is 3. The molecule has 4 aromatic rings. The third kappa shape index (κ3) is 7.66. The number of likely N-dealkylation sites (N-methyl/N-ethyl adjacent to an activating group) is 1. The number of halogens is 2. The summed E-state index contributed by atoms with van der Waals surface area (Å²) in [5.74, 6) is -1.74. The van der Waals surface area contributed by atoms with Crippen LogP contribution < -0.4 is 26.4 Å². The lowest BCUT2D eigenvalue weighted by atomic mass is 10.1. The smallest absolute Gasteiger partial charge is 0.321 e. The van der Waals surface area contributed by atoms with Gasteiger partial charge in [0, 0.05) is 55.3 Å². The average Bonchev–Trinajstić information content (AvgIpc) is 3.64. The van der Waals surface area contributed by atoms with E-state index >= 15 is 0 Å². The Labute approximate surface area is 261 Å². The molecular weight excluding hydrogens is 611 g/mol. The van der Waals surface area contributed by atoms with Crippen molar-refractivity contribution in [3.8, 4) is 26.9 Å². The number of urea groups is 1. The van der Waals surface area contributed by atoms with Crippen LogP contribution in [0, 0.1) is 11.6 Å². The summed E-state index contributed by atoms with van der Waals surface area (Å²) in [4.78, 5) is 39.0. The van der Waals surface area contributed by atoms with E-state index in [1.54, 1.807) is 23.6 Å². The van der Waals surface area contributed by atoms with Crippen molar-refractivity contribution in [2.75, 3.05) is 69.8 Å². The molecule has 1 aliphatic rings. The second-order valence-electron chi connectivity index (χ2n) is 10.1. The third-order valence-corrected chi connectivity index (χ3v) is 9.00. The maximum absolute atomic E-state index is 14.9. The first-order valence-corrected chi connectivity index (χ1v) is 15.5. The standard InChI is InChI=1S/C29H32F2N8O3S2/c1-38-9-11-39(12-10-38)8-4-7-33-28(41)37-29-36-25(32)24(44-29)27-35-23(16-43-27)19-14-22(21(31)15-20(19)30)34-26(40)17-5-3-6-18(13-17)42-2/h3,5-6,13-16H,4,7-12,32H2,1-2H3,(H,34,40)(H2,33,36,37,41). The van der Waals surface area contributed by atoms with Gasteiger partial charge in [-0.2, -0.15) is 0 Å². The Balaban J connectivity index is 1.21. The summed E-state index contributed by atoms with van der Waals surface area (Å²) < 4.78 is 34.6. The van der Waals surface area contributed by atoms with Crippen molar-refractivity contribution in [2.24, 2.45) is 0 Å². The van der Waals surface area contributed by atoms with Crippen LogP contribution in [0.5, 0.6) is 5.75 Å². The van der Waals surface area contributed by atoms with Crippen molar-refractivity contribution >= 4 is 51.2 Å². The molecule has 3 heterocycles. The van der Waals surface area contributed by atoms with Gasteiger partial charge in [-0.1, -0.05) is 17.4 Å². The van der Waals surface area contributed by atoms with Crippen LogP contribution in [0.3, 0.4) is 0 Å². The fourth-order valence-electron chi connectivity index (χ4n) is 4.56. The van der Waals surface area contributed by atoms with Crippen LogP contribution in [0.15, 0.2) is 41.8 Å². The Hall–Kier alpha value is -4.18. The number of thiazole rings is 2. The van der Waals surface area contributed by atoms with Gasteiger partial charge in [0.25, 0.3) is 5.91 Å². The van der Waals surface area contributed by atoms with E-state index in [4.69, 9.17) is 10.5 Å². The van der Waals surface area contributed by atoms with E-state index in [0.29, 0.717) is 33.4 Å². The quantitative estimate of drug-likeness (QED) is 0.181. The van der Waals surface area contributed by atoms with Gasteiger partial charge in [-0.3, -0.25) is 10.1 Å². The summed E-state index contributed by atoms with van der Waals surface area (Å²) in [5, 5.41) is 10.4. The van der Waals surface area contributed by atoms with Crippen LogP contribution in [0.2, 0.25) is 0 Å². The third-order valence-electron chi connectivity index (χ3n) is 7.02. The normalized spacial score (nSPS) is 13.9. The number of nitrogen functional groups attached to an aromatic ring is 1. The van der Waals surface area contributed by atoms with Gasteiger partial charge in [-0.05, 0) is 44.3 Å². The molecule has 5 N–H and O–H groups in total. The number of nitrogens with one attached hydrogen (secondary N) is 3. The molecule has 0 atom stereocenters. The topological polar surface area (TPSA) is 138 Å². The molecular formula is C29H32F2N8O3S2. The SMILES string of the molecule is COc1cccc(C(=O)Nc2cc(-c3csc(-c4sc(NC(=O)NCCCN5CCN(C)CC5)nc4N)n3)c(F)cc2F)c1. The molecule has 232 valence electrons. The highest BCUT2D eigenvalue weighted by Gasteiger charge is 2.20. The number of benzene rings is 2. The van der Waals surface area contributed by atoms with Crippen LogP contribution in [-0.4, -0.2) is 85.1 Å². The molecule has 1 fully saturated rings. The molecule has 0 spiro atoms. The molecule has 5 rings (SSSR count). The van der Waals surface area contributed by atoms with Gasteiger partial charge in [-0.15, -0.1) is 11.3 Å². The molecule has 2 aromatic carbocycles. The van der Waals surface area contributed by atoms with Crippen LogP contribution >= 0.6 is 22.7 Å². The molecule has 0 unspecified atom stereocenters. The molecule has 1 saturated heterocycles. The Morgan fingerprint density at radius 3 is 2.64 bits per heavy atom. The number of hydrogen-bond donors (Lipinski definition) is 4. The lowest BCUT2D eigenvalue weighted by molar-refractivity contribution is 0.102. The zero-order valence-electron chi connectivity index (χ0n) is 24.2. The van der Waals surface area contributed by atoms with E-state index in [1.165, 1.54) is 30.6 Å². The summed E-state index contributed by atoms with van der Waals surface area (Å²) in [6, 6.07) is 7.86. The Morgan fingerprint density at radius 1 is 1.07 bits per heavy atom. The van der Waals surface area contributed by atoms with Crippen molar-refractivity contribution < 1.29 is 23.1 Å². The minimum atomic E-state index is -0.932. The zero-order chi connectivity index (χ0) is 31.2. The monoisotopic (exact) mass is 642 g/mol. The number of rotatable bonds is 10. The summed E-state index contributed by atoms with van der Waals surface area (Å²) >= 11 is 2.33. The molecule has 0 aliphatic carbocycles. The summed E-state index contributed by atoms with van der Waals surface area (Å²) in [5.41, 5.74) is 6.37. The fraction of sp³-hybridized carbons (Fsp3) is 0.310. The second-order valence-corrected chi connectivity index (χ2v) is 12.0. The highest BCUT2D eigenvalue weighted by Crippen LogP contribution is 2.39. The fourth-order valence-corrected chi connectivity index (χ4v) is 6.36. The van der Waals surface area contributed by atoms with Gasteiger partial charge in [0.2, 0.25) is 0 Å². The van der Waals surface area contributed by atoms with Crippen molar-refractivity contribution in [1.82, 2.24) is 25.1 Å². The van der Waals surface area contributed by atoms with E-state index in [0.717, 1.165) is 50.5 Å². The molecule has 0 bridgehead atoms. The van der Waals surface area contributed by atoms with Crippen LogP contribution in [0.4, 0.5) is 30.2 Å². The number of amides is 3. The van der Waals surface area contributed by atoms with Crippen LogP contribution in [0.25, 0.3) is 21.1 Å². The number of nitrogens with two attached hydrogens (primary N) is 1. The second kappa shape index (κ2) is 14.1. The first-order valence-electron chi connectivity index (χ1n) is 13.8. The van der Waals surface area contributed by atoms with Crippen molar-refractivity contribution in [3.05, 3.63) is 59.0 Å². The number of ether oxygens (including phenoxy) is 1. The number of aromatic nitrogens is 2. The Bertz CT molecular complexity index is 1640. The summed E-state index contributed by atoms with van der Waals surface area (Å²) in [7, 11) is 3.58. The molecule has 3 amide bonds. The highest BCUT2D eigenvalue weighted by atomic mass is 32.1. The average molecular weight is 643 g/mol. The van der Waals surface area contributed by atoms with Gasteiger partial charge in [0.1, 0.15) is 33.1 Å². The van der Waals surface area contributed by atoms with Gasteiger partial charge in [-0.25, -0.2) is 23.5 Å². The first-order chi connectivity index (χ1) is 21.2. The molecule has 2 aromatic heterocycles. The molecule has 1 aliphatic heterocycles. The number of methoxy groups -OCH3 is 1. The Morgan fingerprint density at radius 2 is 1.86 bits per heavy atom. The molecule has 0 radical (unpaired) electrons. The zero-order valence-corrected chi connectivity index (χ0v) is 25.8. The number of piperazine rings is 1. The maximum Gasteiger partial charge on any atom is 0.321 e. The number of nitrogens with zero attached hydrogens (tertiary/aromatic N) is 4. The van der Waals surface area contributed by atoms with E-state index in [9.17, 15) is 18.4 Å². The van der Waals surface area contributed by atoms with Crippen LogP contribution in [0.1, 0.15) is 16.8 Å². The van der Waals surface area contributed by atoms with Gasteiger partial charge < -0.3 is 30.9 Å². The van der Waals surface area contributed by atoms with Crippen LogP contribution in [-0.2, 0) is 0 Å². The van der Waals surface area contributed by atoms with E-state index < -0.39 is 17.5 Å². The number of carbonyl (C=O) groups is 2. The molecule has 15 heteroatoms. The summed E-state index contributed by atoms with van der Waals surface area (Å²) in [6.07, 6.45) is 0.830. The largest absolute Gasteiger partial charge is 0.497 e. The molecule has 11 nitrogen and oxygen atoms in total. The lowest BCUT2D eigenvalue weighted by Gasteiger charge is -2.32. The number of hydrogen-bond acceptors (Lipinski definition) is 10. The summed E-state index contributed by atoms with van der Waals surface area (Å²) in [6.45, 7) is 5.58. The number of carbonyl (C=O) groups excluding carboxylic acids is 2. The minimum absolute atomic E-state index is 0.00720. The maximum atomic E-state index is 14.9. The van der Waals surface area contributed by atoms with Gasteiger partial charge in [0.05, 0.1) is 18.5 Å². The predicted molar refractivity (Wildman–Crippen MR) is 170 cm³/mol. The van der Waals surface area contributed by atoms with E-state index in [2.05, 4.69) is 42.8 Å². The minimum Gasteiger partial charge on any atom is -0.497 e. The van der Waals surface area contributed by atoms with E-state index in [-0.39, 0.29) is 34.4 Å². The van der Waals surface area contributed by atoms with Crippen molar-refractivity contribution in [1.29, 1.82) is 0 Å². The molecule has 44 heavy (non-hydrogen) atoms. The first kappa shape index (κ1) is 31.3. The van der Waals surface area contributed by atoms with E-state index in [1.807, 2.05) is 0 Å². The van der Waals surface area contributed by atoms with Crippen molar-refractivity contribution in [3.63, 3.8) is 0 Å². The van der Waals surface area contributed by atoms with Gasteiger partial charge in [0.15, 0.2) is 5.13 Å². The molecule has 0 saturated carbocycles. The Kier molecular flexibility index (Phi) is 9.99.